The number of nitrogens with zero attached hydrogens (tertiary/aromatic N) is 5. The van der Waals surface area contributed by atoms with E-state index in [1.807, 2.05) is 22.9 Å². The average Bonchev–Trinajstić information content (AvgIpc) is 3.20. The largest absolute Gasteiger partial charge is 0.385 e. The first-order valence-corrected chi connectivity index (χ1v) is 8.78. The number of likely N-dealkylation sites (N-methyl/N-ethyl adjacent to an activating group) is 1. The summed E-state index contributed by atoms with van der Waals surface area (Å²) in [6.07, 6.45) is 8.20. The minimum Gasteiger partial charge on any atom is -0.385 e. The van der Waals surface area contributed by atoms with Crippen LogP contribution in [0.2, 0.25) is 0 Å². The molecule has 0 fully saturated rings. The summed E-state index contributed by atoms with van der Waals surface area (Å²) in [7, 11) is 5.63. The van der Waals surface area contributed by atoms with Crippen molar-refractivity contribution in [2.45, 2.75) is 13.0 Å². The van der Waals surface area contributed by atoms with Gasteiger partial charge in [0.2, 0.25) is 0 Å². The molecular weight excluding hydrogens is 457 g/mol. The fraction of sp³-hybridized carbons (Fsp3) is 0.500. The third-order valence-electron chi connectivity index (χ3n) is 3.94. The lowest BCUT2D eigenvalue weighted by Gasteiger charge is -2.18. The highest BCUT2D eigenvalue weighted by molar-refractivity contribution is 14.0. The highest BCUT2D eigenvalue weighted by Gasteiger charge is 2.03. The second kappa shape index (κ2) is 13.4. The van der Waals surface area contributed by atoms with Crippen LogP contribution in [-0.4, -0.2) is 72.8 Å². The Labute approximate surface area is 178 Å². The van der Waals surface area contributed by atoms with Crippen LogP contribution in [0.1, 0.15) is 12.0 Å². The van der Waals surface area contributed by atoms with E-state index in [0.717, 1.165) is 50.0 Å². The topological polar surface area (TPSA) is 79.6 Å². The SMILES string of the molecule is CN=C(NCCN(C)CCCOC)NCc1ccnc(-n2ccnc2)c1.I. The summed E-state index contributed by atoms with van der Waals surface area (Å²) in [4.78, 5) is 15.0. The maximum absolute atomic E-state index is 5.08. The monoisotopic (exact) mass is 487 g/mol. The van der Waals surface area contributed by atoms with Crippen molar-refractivity contribution in [3.8, 4) is 5.82 Å². The van der Waals surface area contributed by atoms with E-state index in [-0.39, 0.29) is 24.0 Å². The number of aromatic nitrogens is 3. The van der Waals surface area contributed by atoms with E-state index < -0.39 is 0 Å². The summed E-state index contributed by atoms with van der Waals surface area (Å²) < 4.78 is 6.96. The number of hydrogen-bond acceptors (Lipinski definition) is 5. The van der Waals surface area contributed by atoms with Gasteiger partial charge in [-0.25, -0.2) is 9.97 Å². The molecule has 0 amide bonds. The van der Waals surface area contributed by atoms with Crippen LogP contribution in [0.4, 0.5) is 0 Å². The minimum atomic E-state index is 0. The summed E-state index contributed by atoms with van der Waals surface area (Å²) in [5, 5.41) is 6.67. The number of aliphatic imine (C=N–C) groups is 1. The van der Waals surface area contributed by atoms with Crippen LogP contribution in [0.15, 0.2) is 42.0 Å². The standard InChI is InChI=1S/C18H29N7O.HI/c1-19-18(22-8-10-24(2)9-4-12-26-3)23-14-16-5-6-21-17(13-16)25-11-7-20-15-25;/h5-7,11,13,15H,4,8-10,12,14H2,1-3H3,(H2,19,22,23);1H. The lowest BCUT2D eigenvalue weighted by atomic mass is 10.2. The number of methoxy groups -OCH3 is 1. The van der Waals surface area contributed by atoms with Crippen molar-refractivity contribution >= 4 is 29.9 Å². The molecule has 0 bridgehead atoms. The molecule has 0 aliphatic heterocycles. The van der Waals surface area contributed by atoms with Gasteiger partial charge in [-0.15, -0.1) is 24.0 Å². The van der Waals surface area contributed by atoms with Crippen molar-refractivity contribution < 1.29 is 4.74 Å². The number of rotatable bonds is 10. The molecule has 2 N–H and O–H groups in total. The molecule has 0 saturated carbocycles. The molecule has 0 aliphatic carbocycles. The Bertz CT molecular complexity index is 663. The molecule has 0 unspecified atom stereocenters. The third kappa shape index (κ3) is 8.67. The first kappa shape index (κ1) is 23.3. The predicted molar refractivity (Wildman–Crippen MR) is 119 cm³/mol. The Morgan fingerprint density at radius 2 is 2.15 bits per heavy atom. The fourth-order valence-electron chi connectivity index (χ4n) is 2.47. The first-order chi connectivity index (χ1) is 12.7. The maximum Gasteiger partial charge on any atom is 0.191 e. The Morgan fingerprint density at radius 3 is 2.85 bits per heavy atom. The van der Waals surface area contributed by atoms with Crippen LogP contribution in [0, 0.1) is 0 Å². The highest BCUT2D eigenvalue weighted by Crippen LogP contribution is 2.06. The lowest BCUT2D eigenvalue weighted by molar-refractivity contribution is 0.180. The van der Waals surface area contributed by atoms with Crippen molar-refractivity contribution in [2.24, 2.45) is 4.99 Å². The van der Waals surface area contributed by atoms with E-state index in [0.29, 0.717) is 6.54 Å². The second-order valence-corrected chi connectivity index (χ2v) is 5.99. The van der Waals surface area contributed by atoms with E-state index in [2.05, 4.69) is 37.5 Å². The smallest absolute Gasteiger partial charge is 0.191 e. The van der Waals surface area contributed by atoms with Gasteiger partial charge in [-0.1, -0.05) is 0 Å². The van der Waals surface area contributed by atoms with Gasteiger partial charge >= 0.3 is 0 Å². The number of nitrogens with one attached hydrogen (secondary N) is 2. The molecule has 150 valence electrons. The van der Waals surface area contributed by atoms with E-state index in [9.17, 15) is 0 Å². The predicted octanol–water partition coefficient (Wildman–Crippen LogP) is 1.52. The molecular formula is C18H30IN7O. The number of hydrogen-bond donors (Lipinski definition) is 2. The molecule has 27 heavy (non-hydrogen) atoms. The quantitative estimate of drug-likeness (QED) is 0.229. The summed E-state index contributed by atoms with van der Waals surface area (Å²) in [5.74, 6) is 1.64. The minimum absolute atomic E-state index is 0. The second-order valence-electron chi connectivity index (χ2n) is 5.99. The summed E-state index contributed by atoms with van der Waals surface area (Å²) in [5.41, 5.74) is 1.13. The van der Waals surface area contributed by atoms with Gasteiger partial charge in [0, 0.05) is 65.5 Å². The van der Waals surface area contributed by atoms with Crippen LogP contribution >= 0.6 is 24.0 Å². The molecule has 8 nitrogen and oxygen atoms in total. The van der Waals surface area contributed by atoms with Gasteiger partial charge in [0.1, 0.15) is 12.1 Å². The van der Waals surface area contributed by atoms with Gasteiger partial charge in [-0.05, 0) is 31.2 Å². The summed E-state index contributed by atoms with van der Waals surface area (Å²) in [6, 6.07) is 4.02. The average molecular weight is 487 g/mol. The Balaban J connectivity index is 0.00000364. The lowest BCUT2D eigenvalue weighted by Crippen LogP contribution is -2.40. The summed E-state index contributed by atoms with van der Waals surface area (Å²) in [6.45, 7) is 4.28. The third-order valence-corrected chi connectivity index (χ3v) is 3.94. The highest BCUT2D eigenvalue weighted by atomic mass is 127. The fourth-order valence-corrected chi connectivity index (χ4v) is 2.47. The molecule has 2 heterocycles. The van der Waals surface area contributed by atoms with E-state index >= 15 is 0 Å². The van der Waals surface area contributed by atoms with Crippen molar-refractivity contribution in [3.63, 3.8) is 0 Å². The van der Waals surface area contributed by atoms with Gasteiger partial charge in [-0.2, -0.15) is 0 Å². The van der Waals surface area contributed by atoms with Crippen LogP contribution in [0.5, 0.6) is 0 Å². The molecule has 0 spiro atoms. The molecule has 2 aromatic heterocycles. The zero-order valence-electron chi connectivity index (χ0n) is 16.3. The molecule has 2 rings (SSSR count). The Hall–Kier alpha value is -1.72. The van der Waals surface area contributed by atoms with Gasteiger partial charge in [0.15, 0.2) is 5.96 Å². The van der Waals surface area contributed by atoms with Crippen molar-refractivity contribution in [3.05, 3.63) is 42.6 Å². The van der Waals surface area contributed by atoms with Crippen LogP contribution in [0.3, 0.4) is 0 Å². The van der Waals surface area contributed by atoms with Crippen molar-refractivity contribution in [1.82, 2.24) is 30.1 Å². The molecule has 2 aromatic rings. The summed E-state index contributed by atoms with van der Waals surface area (Å²) >= 11 is 0. The van der Waals surface area contributed by atoms with E-state index in [1.165, 1.54) is 0 Å². The number of guanidine groups is 1. The molecule has 0 atom stereocenters. The number of halogens is 1. The molecule has 0 saturated heterocycles. The first-order valence-electron chi connectivity index (χ1n) is 8.78. The van der Waals surface area contributed by atoms with Gasteiger partial charge in [0.25, 0.3) is 0 Å². The molecule has 0 radical (unpaired) electrons. The number of imidazole rings is 1. The van der Waals surface area contributed by atoms with Crippen molar-refractivity contribution in [1.29, 1.82) is 0 Å². The van der Waals surface area contributed by atoms with Crippen LogP contribution in [-0.2, 0) is 11.3 Å². The normalized spacial score (nSPS) is 11.3. The van der Waals surface area contributed by atoms with Crippen molar-refractivity contribution in [2.75, 3.05) is 47.4 Å². The van der Waals surface area contributed by atoms with Crippen LogP contribution in [0.25, 0.3) is 5.82 Å². The van der Waals surface area contributed by atoms with E-state index in [4.69, 9.17) is 4.74 Å². The number of ether oxygens (including phenoxy) is 1. The molecule has 0 aliphatic rings. The molecule has 9 heteroatoms. The van der Waals surface area contributed by atoms with E-state index in [1.54, 1.807) is 32.9 Å². The van der Waals surface area contributed by atoms with Gasteiger partial charge in [0.05, 0.1) is 0 Å². The zero-order valence-corrected chi connectivity index (χ0v) is 18.6. The van der Waals surface area contributed by atoms with Gasteiger partial charge < -0.3 is 20.3 Å². The zero-order chi connectivity index (χ0) is 18.6. The Morgan fingerprint density at radius 1 is 1.30 bits per heavy atom. The maximum atomic E-state index is 5.08. The van der Waals surface area contributed by atoms with Crippen LogP contribution < -0.4 is 10.6 Å². The molecule has 0 aromatic carbocycles. The number of pyridine rings is 1. The Kier molecular flexibility index (Phi) is 11.6. The van der Waals surface area contributed by atoms with Gasteiger partial charge in [-0.3, -0.25) is 9.56 Å².